The third kappa shape index (κ3) is 14.7. The van der Waals surface area contributed by atoms with Crippen LogP contribution in [0.5, 0.6) is 0 Å². The maximum absolute atomic E-state index is 11.2. The number of anilines is 1. The Labute approximate surface area is 281 Å². The number of aliphatic carboxylic acids is 1. The molecule has 2 heterocycles. The number of piperidine rings is 1. The highest BCUT2D eigenvalue weighted by Gasteiger charge is 2.20. The first-order valence-electron chi connectivity index (χ1n) is 15.6. The Bertz CT molecular complexity index is 1380. The van der Waals surface area contributed by atoms with Gasteiger partial charge in [-0.05, 0) is 89.2 Å². The zero-order valence-electron chi connectivity index (χ0n) is 29.1. The van der Waals surface area contributed by atoms with Crippen molar-refractivity contribution in [1.29, 1.82) is 0 Å². The van der Waals surface area contributed by atoms with Crippen LogP contribution in [0.4, 0.5) is 5.82 Å². The van der Waals surface area contributed by atoms with Crippen LogP contribution in [0.3, 0.4) is 0 Å². The van der Waals surface area contributed by atoms with Crippen molar-refractivity contribution in [3.05, 3.63) is 101 Å². The van der Waals surface area contributed by atoms with E-state index in [-0.39, 0.29) is 11.4 Å². The first-order valence-corrected chi connectivity index (χ1v) is 15.6. The molecule has 1 saturated heterocycles. The van der Waals surface area contributed by atoms with Gasteiger partial charge in [-0.2, -0.15) is 10.1 Å². The molecule has 3 N–H and O–H groups in total. The average Bonchev–Trinajstić information content (AvgIpc) is 3.29. The van der Waals surface area contributed by atoms with Crippen molar-refractivity contribution in [3.8, 4) is 0 Å². The number of carbonyl (C=O) groups is 2. The second-order valence-electron chi connectivity index (χ2n) is 11.0. The van der Waals surface area contributed by atoms with Crippen LogP contribution in [0, 0.1) is 5.92 Å². The van der Waals surface area contributed by atoms with Crippen molar-refractivity contribution >= 4 is 29.9 Å². The second-order valence-corrected chi connectivity index (χ2v) is 11.0. The van der Waals surface area contributed by atoms with Gasteiger partial charge in [-0.15, -0.1) is 0 Å². The molecule has 256 valence electrons. The summed E-state index contributed by atoms with van der Waals surface area (Å²) in [5, 5.41) is 14.7. The van der Waals surface area contributed by atoms with Gasteiger partial charge >= 0.3 is 5.97 Å². The van der Waals surface area contributed by atoms with Crippen LogP contribution in [0.15, 0.2) is 101 Å². The van der Waals surface area contributed by atoms with Gasteiger partial charge in [-0.25, -0.2) is 9.78 Å². The Morgan fingerprint density at radius 3 is 2.47 bits per heavy atom. The summed E-state index contributed by atoms with van der Waals surface area (Å²) in [6.45, 7) is 14.4. The molecular formula is C37H53N5O5. The van der Waals surface area contributed by atoms with Crippen LogP contribution in [0.25, 0.3) is 5.57 Å². The maximum Gasteiger partial charge on any atom is 0.335 e. The van der Waals surface area contributed by atoms with Crippen LogP contribution < -0.4 is 10.7 Å². The molecular weight excluding hydrogens is 594 g/mol. The van der Waals surface area contributed by atoms with Crippen molar-refractivity contribution in [2.45, 2.75) is 47.0 Å². The Kier molecular flexibility index (Phi) is 19.9. The number of methoxy groups -OCH3 is 2. The maximum atomic E-state index is 11.2. The zero-order valence-corrected chi connectivity index (χ0v) is 29.1. The molecule has 1 aliphatic heterocycles. The highest BCUT2D eigenvalue weighted by molar-refractivity contribution is 5.87. The van der Waals surface area contributed by atoms with Gasteiger partial charge in [-0.3, -0.25) is 4.90 Å². The number of pyridine rings is 1. The summed E-state index contributed by atoms with van der Waals surface area (Å²) in [7, 11) is 4.93. The fourth-order valence-corrected chi connectivity index (χ4v) is 4.76. The van der Waals surface area contributed by atoms with E-state index in [9.17, 15) is 14.7 Å². The summed E-state index contributed by atoms with van der Waals surface area (Å²) in [6, 6.07) is 5.48. The first-order chi connectivity index (χ1) is 22.6. The number of ether oxygens (including phenoxy) is 2. The molecule has 0 bridgehead atoms. The molecule has 0 atom stereocenters. The van der Waals surface area contributed by atoms with Gasteiger partial charge in [0.2, 0.25) is 0 Å². The van der Waals surface area contributed by atoms with Gasteiger partial charge in [0.1, 0.15) is 12.1 Å². The minimum absolute atomic E-state index is 0.00478. The van der Waals surface area contributed by atoms with Gasteiger partial charge in [-0.1, -0.05) is 60.8 Å². The van der Waals surface area contributed by atoms with Gasteiger partial charge < -0.3 is 25.1 Å². The van der Waals surface area contributed by atoms with Crippen molar-refractivity contribution in [2.75, 3.05) is 52.6 Å². The molecule has 0 radical (unpaired) electrons. The number of carbonyl (C=O) groups excluding carboxylic acids is 1. The summed E-state index contributed by atoms with van der Waals surface area (Å²) in [6.07, 6.45) is 20.2. The van der Waals surface area contributed by atoms with E-state index in [4.69, 9.17) is 10.5 Å². The van der Waals surface area contributed by atoms with E-state index < -0.39 is 5.97 Å². The Morgan fingerprint density at radius 1 is 1.21 bits per heavy atom. The number of carboxylic acids is 1. The van der Waals surface area contributed by atoms with Gasteiger partial charge in [0, 0.05) is 33.1 Å². The minimum atomic E-state index is -1.10. The third-order valence-electron chi connectivity index (χ3n) is 7.23. The highest BCUT2D eigenvalue weighted by atomic mass is 16.5. The molecule has 10 heteroatoms. The van der Waals surface area contributed by atoms with Crippen molar-refractivity contribution in [1.82, 2.24) is 9.88 Å². The lowest BCUT2D eigenvalue weighted by Gasteiger charge is -2.31. The van der Waals surface area contributed by atoms with E-state index in [0.29, 0.717) is 24.9 Å². The van der Waals surface area contributed by atoms with E-state index in [0.717, 1.165) is 55.5 Å². The number of aldehydes is 1. The van der Waals surface area contributed by atoms with Crippen LogP contribution >= 0.6 is 0 Å². The molecule has 1 aromatic heterocycles. The van der Waals surface area contributed by atoms with Crippen molar-refractivity contribution in [2.24, 2.45) is 16.8 Å². The molecule has 0 spiro atoms. The van der Waals surface area contributed by atoms with Crippen LogP contribution in [0.2, 0.25) is 0 Å². The topological polar surface area (TPSA) is 131 Å². The van der Waals surface area contributed by atoms with E-state index in [1.165, 1.54) is 29.3 Å². The fourth-order valence-electron chi connectivity index (χ4n) is 4.76. The smallest absolute Gasteiger partial charge is 0.335 e. The number of hydrogen-bond donors (Lipinski definition) is 2. The summed E-state index contributed by atoms with van der Waals surface area (Å²) < 4.78 is 9.30. The lowest BCUT2D eigenvalue weighted by molar-refractivity contribution is -0.132. The molecule has 1 fully saturated rings. The summed E-state index contributed by atoms with van der Waals surface area (Å²) in [5.74, 6) is -0.0229. The average molecular weight is 648 g/mol. The molecule has 0 amide bonds. The number of rotatable bonds is 12. The van der Waals surface area contributed by atoms with Crippen molar-refractivity contribution in [3.63, 3.8) is 0 Å². The predicted octanol–water partition coefficient (Wildman–Crippen LogP) is 6.32. The highest BCUT2D eigenvalue weighted by Crippen LogP contribution is 2.26. The first kappa shape index (κ1) is 40.6. The standard InChI is InChI=1S/C19H22N4O2.C16H25NO2.C2H6O/c1-4-21-23(18(20)14(3)19(24)25)17-11-7-10-16(22-17)15-9-6-5-8-13(2)12-15;1-4-15(6-5-14(2)13-19-3)16-7-9-17(10-8-16)11-12-18;1-3-2/h4-7,9-12H,8,20H2,1-3H3,(H,24,25);4-6,12,16H,2,7-11,13H2,1,3H3;1-2H3/b18-14+,21-4-;6-5-,15-4+;. The third-order valence-corrected chi connectivity index (χ3v) is 7.23. The fraction of sp³-hybridized carbons (Fsp3) is 0.405. The van der Waals surface area contributed by atoms with Crippen LogP contribution in [-0.2, 0) is 19.1 Å². The molecule has 0 aromatic carbocycles. The number of nitrogens with zero attached hydrogens (tertiary/aromatic N) is 4. The van der Waals surface area contributed by atoms with E-state index in [1.54, 1.807) is 34.3 Å². The normalized spacial score (nSPS) is 16.2. The number of allylic oxidation sites excluding steroid dienone is 9. The number of aromatic nitrogens is 1. The SMILES string of the molecule is C/C=N\N(/C(N)=C(\C)C(=O)O)c1cccc(C2=CC=CCC(C)=C2)n1.C=C(/C=C\C(=C/C)C1CCN(CC=O)CC1)COC.COC. The largest absolute Gasteiger partial charge is 0.478 e. The molecule has 3 rings (SSSR count). The van der Waals surface area contributed by atoms with E-state index >= 15 is 0 Å². The van der Waals surface area contributed by atoms with Gasteiger partial charge in [0.05, 0.1) is 24.4 Å². The number of hydrogen-bond acceptors (Lipinski definition) is 9. The number of nitrogens with two attached hydrogens (primary N) is 1. The second kappa shape index (κ2) is 23.0. The van der Waals surface area contributed by atoms with Crippen LogP contribution in [0.1, 0.15) is 52.7 Å². The number of hydrazone groups is 1. The van der Waals surface area contributed by atoms with E-state index in [2.05, 4.69) is 64.5 Å². The summed E-state index contributed by atoms with van der Waals surface area (Å²) in [5.41, 5.74) is 11.3. The van der Waals surface area contributed by atoms with Crippen LogP contribution in [-0.4, -0.2) is 81.0 Å². The Hall–Kier alpha value is -4.38. The molecule has 1 aromatic rings. The number of likely N-dealkylation sites (tertiary alicyclic amines) is 1. The van der Waals surface area contributed by atoms with Gasteiger partial charge in [0.25, 0.3) is 0 Å². The number of carboxylic acid groups (broad SMARTS) is 1. The monoisotopic (exact) mass is 647 g/mol. The molecule has 2 aliphatic rings. The summed E-state index contributed by atoms with van der Waals surface area (Å²) >= 11 is 0. The van der Waals surface area contributed by atoms with Crippen molar-refractivity contribution < 1.29 is 24.2 Å². The van der Waals surface area contributed by atoms with E-state index in [1.807, 2.05) is 30.4 Å². The Morgan fingerprint density at radius 2 is 1.89 bits per heavy atom. The zero-order chi connectivity index (χ0) is 35.2. The molecule has 1 aliphatic carbocycles. The molecule has 47 heavy (non-hydrogen) atoms. The van der Waals surface area contributed by atoms with Gasteiger partial charge in [0.15, 0.2) is 5.82 Å². The minimum Gasteiger partial charge on any atom is -0.478 e. The molecule has 0 saturated carbocycles. The molecule has 10 nitrogen and oxygen atoms in total. The lowest BCUT2D eigenvalue weighted by Crippen LogP contribution is -2.35. The lowest BCUT2D eigenvalue weighted by atomic mass is 9.88. The quantitative estimate of drug-likeness (QED) is 0.0880. The Balaban J connectivity index is 0.000000448. The summed E-state index contributed by atoms with van der Waals surface area (Å²) in [4.78, 5) is 28.5. The molecule has 0 unspecified atom stereocenters. The predicted molar refractivity (Wildman–Crippen MR) is 193 cm³/mol.